The quantitative estimate of drug-likeness (QED) is 0.831. The third kappa shape index (κ3) is 2.20. The normalized spacial score (nSPS) is 28.9. The van der Waals surface area contributed by atoms with Crippen molar-refractivity contribution in [3.63, 3.8) is 0 Å². The summed E-state index contributed by atoms with van der Waals surface area (Å²) in [5, 5.41) is 12.8. The molecule has 2 saturated carbocycles. The van der Waals surface area contributed by atoms with Crippen LogP contribution in [0.5, 0.6) is 0 Å². The molecule has 1 aromatic rings. The van der Waals surface area contributed by atoms with Gasteiger partial charge < -0.3 is 9.88 Å². The maximum absolute atomic E-state index is 4.60. The van der Waals surface area contributed by atoms with Gasteiger partial charge in [-0.2, -0.15) is 0 Å². The Hall–Kier alpha value is -0.900. The Morgan fingerprint density at radius 3 is 2.37 bits per heavy atom. The van der Waals surface area contributed by atoms with Gasteiger partial charge >= 0.3 is 0 Å². The predicted molar refractivity (Wildman–Crippen MR) is 73.9 cm³/mol. The monoisotopic (exact) mass is 260 g/mol. The van der Waals surface area contributed by atoms with E-state index in [9.17, 15) is 0 Å². The van der Waals surface area contributed by atoms with Crippen LogP contribution in [0.1, 0.15) is 75.0 Å². The van der Waals surface area contributed by atoms with Crippen LogP contribution in [-0.2, 0) is 6.54 Å². The maximum Gasteiger partial charge on any atom is 0.150 e. The highest BCUT2D eigenvalue weighted by Crippen LogP contribution is 2.42. The number of aromatic nitrogens is 3. The number of rotatable bonds is 2. The van der Waals surface area contributed by atoms with Crippen molar-refractivity contribution >= 4 is 0 Å². The molecule has 19 heavy (non-hydrogen) atoms. The molecule has 2 fully saturated rings. The van der Waals surface area contributed by atoms with Crippen LogP contribution in [0.3, 0.4) is 0 Å². The van der Waals surface area contributed by atoms with Crippen molar-refractivity contribution in [1.29, 1.82) is 0 Å². The Labute approximate surface area is 115 Å². The van der Waals surface area contributed by atoms with Gasteiger partial charge in [-0.3, -0.25) is 0 Å². The van der Waals surface area contributed by atoms with Gasteiger partial charge in [-0.1, -0.05) is 25.7 Å². The molecule has 4 heteroatoms. The van der Waals surface area contributed by atoms with Gasteiger partial charge in [0.25, 0.3) is 0 Å². The second-order valence-electron chi connectivity index (χ2n) is 6.53. The smallest absolute Gasteiger partial charge is 0.150 e. The third-order valence-electron chi connectivity index (χ3n) is 5.10. The van der Waals surface area contributed by atoms with Crippen LogP contribution in [0, 0.1) is 5.92 Å². The van der Waals surface area contributed by atoms with E-state index in [1.54, 1.807) is 0 Å². The van der Waals surface area contributed by atoms with Crippen LogP contribution in [-0.4, -0.2) is 21.3 Å². The van der Waals surface area contributed by atoms with E-state index in [1.165, 1.54) is 63.0 Å². The number of nitrogens with zero attached hydrogens (tertiary/aromatic N) is 3. The fourth-order valence-electron chi connectivity index (χ4n) is 3.86. The second kappa shape index (κ2) is 4.89. The van der Waals surface area contributed by atoms with Gasteiger partial charge in [0.05, 0.1) is 6.04 Å². The van der Waals surface area contributed by atoms with E-state index in [0.717, 1.165) is 19.0 Å². The summed E-state index contributed by atoms with van der Waals surface area (Å²) in [4.78, 5) is 0. The van der Waals surface area contributed by atoms with Gasteiger partial charge in [0.2, 0.25) is 0 Å². The zero-order valence-electron chi connectivity index (χ0n) is 11.6. The van der Waals surface area contributed by atoms with Gasteiger partial charge in [0.1, 0.15) is 5.82 Å². The SMILES string of the molecule is C1CCCC(c2nnc3n2CCNC3C2CC2)CC1. The molecule has 0 aromatic carbocycles. The fourth-order valence-corrected chi connectivity index (χ4v) is 3.86. The van der Waals surface area contributed by atoms with Crippen molar-refractivity contribution in [3.05, 3.63) is 11.6 Å². The van der Waals surface area contributed by atoms with Crippen LogP contribution in [0.4, 0.5) is 0 Å². The lowest BCUT2D eigenvalue weighted by molar-refractivity contribution is 0.370. The molecule has 1 aliphatic heterocycles. The highest BCUT2D eigenvalue weighted by molar-refractivity contribution is 5.11. The molecule has 1 atom stereocenters. The standard InChI is InChI=1S/C15H24N4/c1-2-4-6-12(5-3-1)14-17-18-15-13(11-7-8-11)16-9-10-19(14)15/h11-13,16H,1-10H2. The van der Waals surface area contributed by atoms with Gasteiger partial charge in [-0.15, -0.1) is 10.2 Å². The van der Waals surface area contributed by atoms with Crippen molar-refractivity contribution in [2.45, 2.75) is 69.9 Å². The average Bonchev–Trinajstić information content (AvgIpc) is 3.23. The van der Waals surface area contributed by atoms with Gasteiger partial charge in [-0.05, 0) is 31.6 Å². The molecule has 1 unspecified atom stereocenters. The molecule has 104 valence electrons. The Morgan fingerprint density at radius 2 is 1.63 bits per heavy atom. The average molecular weight is 260 g/mol. The zero-order valence-corrected chi connectivity index (χ0v) is 11.6. The summed E-state index contributed by atoms with van der Waals surface area (Å²) in [7, 11) is 0. The Morgan fingerprint density at radius 1 is 0.895 bits per heavy atom. The topological polar surface area (TPSA) is 42.7 Å². The molecular formula is C15H24N4. The van der Waals surface area contributed by atoms with Crippen molar-refractivity contribution in [2.24, 2.45) is 5.92 Å². The summed E-state index contributed by atoms with van der Waals surface area (Å²) in [5.41, 5.74) is 0. The van der Waals surface area contributed by atoms with Crippen molar-refractivity contribution < 1.29 is 0 Å². The lowest BCUT2D eigenvalue weighted by Gasteiger charge is -2.26. The molecule has 0 spiro atoms. The molecule has 2 aliphatic carbocycles. The summed E-state index contributed by atoms with van der Waals surface area (Å²) in [6.45, 7) is 2.16. The first kappa shape index (κ1) is 11.9. The predicted octanol–water partition coefficient (Wildman–Crippen LogP) is 2.77. The molecule has 1 N–H and O–H groups in total. The van der Waals surface area contributed by atoms with E-state index in [4.69, 9.17) is 0 Å². The minimum Gasteiger partial charge on any atom is -0.312 e. The highest BCUT2D eigenvalue weighted by Gasteiger charge is 2.38. The first-order valence-corrected chi connectivity index (χ1v) is 8.10. The van der Waals surface area contributed by atoms with Gasteiger partial charge in [-0.25, -0.2) is 0 Å². The van der Waals surface area contributed by atoms with E-state index in [0.29, 0.717) is 12.0 Å². The lowest BCUT2D eigenvalue weighted by atomic mass is 9.99. The van der Waals surface area contributed by atoms with E-state index in [2.05, 4.69) is 20.1 Å². The van der Waals surface area contributed by atoms with Crippen molar-refractivity contribution in [1.82, 2.24) is 20.1 Å². The van der Waals surface area contributed by atoms with Crippen LogP contribution in [0.2, 0.25) is 0 Å². The summed E-state index contributed by atoms with van der Waals surface area (Å²) in [5.74, 6) is 4.02. The molecule has 0 amide bonds. The largest absolute Gasteiger partial charge is 0.312 e. The summed E-state index contributed by atoms with van der Waals surface area (Å²) >= 11 is 0. The Bertz CT molecular complexity index is 441. The zero-order chi connectivity index (χ0) is 12.7. The lowest BCUT2D eigenvalue weighted by Crippen LogP contribution is -2.35. The Balaban J connectivity index is 1.62. The third-order valence-corrected chi connectivity index (χ3v) is 5.10. The number of hydrogen-bond acceptors (Lipinski definition) is 3. The molecule has 0 bridgehead atoms. The van der Waals surface area contributed by atoms with E-state index in [1.807, 2.05) is 0 Å². The first-order chi connectivity index (χ1) is 9.43. The van der Waals surface area contributed by atoms with Gasteiger partial charge in [0.15, 0.2) is 5.82 Å². The maximum atomic E-state index is 4.60. The van der Waals surface area contributed by atoms with Crippen LogP contribution in [0.25, 0.3) is 0 Å². The summed E-state index contributed by atoms with van der Waals surface area (Å²) in [6.07, 6.45) is 10.9. The first-order valence-electron chi connectivity index (χ1n) is 8.10. The summed E-state index contributed by atoms with van der Waals surface area (Å²) in [6, 6.07) is 0.487. The molecule has 0 saturated heterocycles. The molecule has 3 aliphatic rings. The second-order valence-corrected chi connectivity index (χ2v) is 6.53. The summed E-state index contributed by atoms with van der Waals surface area (Å²) < 4.78 is 2.45. The fraction of sp³-hybridized carbons (Fsp3) is 0.867. The van der Waals surface area contributed by atoms with E-state index < -0.39 is 0 Å². The molecule has 0 radical (unpaired) electrons. The van der Waals surface area contributed by atoms with Gasteiger partial charge in [0, 0.05) is 19.0 Å². The number of hydrogen-bond donors (Lipinski definition) is 1. The van der Waals surface area contributed by atoms with Crippen LogP contribution in [0.15, 0.2) is 0 Å². The van der Waals surface area contributed by atoms with Crippen LogP contribution < -0.4 is 5.32 Å². The van der Waals surface area contributed by atoms with Crippen molar-refractivity contribution in [3.8, 4) is 0 Å². The minimum absolute atomic E-state index is 0.487. The number of nitrogens with one attached hydrogen (secondary N) is 1. The minimum atomic E-state index is 0.487. The van der Waals surface area contributed by atoms with Crippen LogP contribution >= 0.6 is 0 Å². The molecular weight excluding hydrogens is 236 g/mol. The number of fused-ring (bicyclic) bond motifs is 1. The molecule has 2 heterocycles. The van der Waals surface area contributed by atoms with Crippen molar-refractivity contribution in [2.75, 3.05) is 6.54 Å². The Kier molecular flexibility index (Phi) is 3.06. The van der Waals surface area contributed by atoms with E-state index >= 15 is 0 Å². The highest BCUT2D eigenvalue weighted by atomic mass is 15.3. The molecule has 4 rings (SSSR count). The van der Waals surface area contributed by atoms with E-state index in [-0.39, 0.29) is 0 Å². The molecule has 4 nitrogen and oxygen atoms in total. The molecule has 1 aromatic heterocycles.